The fraction of sp³-hybridized carbons (Fsp3) is 0.132. The van der Waals surface area contributed by atoms with Crippen LogP contribution in [0.25, 0.3) is 12.2 Å². The molecular formula is C38H32N2O5S. The maximum Gasteiger partial charge on any atom is 0.338 e. The molecule has 230 valence electrons. The second-order valence-electron chi connectivity index (χ2n) is 10.6. The van der Waals surface area contributed by atoms with Crippen LogP contribution in [-0.4, -0.2) is 17.6 Å². The van der Waals surface area contributed by atoms with Crippen LogP contribution < -0.4 is 24.4 Å². The Labute approximate surface area is 270 Å². The quantitative estimate of drug-likeness (QED) is 0.171. The van der Waals surface area contributed by atoms with E-state index < -0.39 is 12.0 Å². The Bertz CT molecular complexity index is 2080. The van der Waals surface area contributed by atoms with Gasteiger partial charge in [0.1, 0.15) is 13.2 Å². The van der Waals surface area contributed by atoms with Gasteiger partial charge in [0, 0.05) is 0 Å². The van der Waals surface area contributed by atoms with E-state index in [0.717, 1.165) is 16.7 Å². The maximum absolute atomic E-state index is 14.0. The summed E-state index contributed by atoms with van der Waals surface area (Å²) in [6.45, 7) is 2.22. The van der Waals surface area contributed by atoms with Gasteiger partial charge in [-0.25, -0.2) is 9.79 Å². The number of hydrogen-bond donors (Lipinski definition) is 0. The molecule has 6 rings (SSSR count). The molecule has 2 heterocycles. The lowest BCUT2D eigenvalue weighted by atomic mass is 9.95. The molecule has 5 aromatic rings. The largest absolute Gasteiger partial charge is 0.493 e. The first-order valence-electron chi connectivity index (χ1n) is 14.8. The summed E-state index contributed by atoms with van der Waals surface area (Å²) in [5.74, 6) is 0.479. The molecule has 0 radical (unpaired) electrons. The number of thiazole rings is 1. The second-order valence-corrected chi connectivity index (χ2v) is 11.6. The molecule has 0 spiro atoms. The second kappa shape index (κ2) is 14.1. The summed E-state index contributed by atoms with van der Waals surface area (Å²) in [5.41, 5.74) is 4.08. The summed E-state index contributed by atoms with van der Waals surface area (Å²) in [6.07, 6.45) is 5.56. The molecule has 1 atom stereocenters. The number of benzene rings is 4. The first-order valence-corrected chi connectivity index (χ1v) is 15.6. The summed E-state index contributed by atoms with van der Waals surface area (Å²) < 4.78 is 19.7. The predicted molar refractivity (Wildman–Crippen MR) is 180 cm³/mol. The Morgan fingerprint density at radius 1 is 0.870 bits per heavy atom. The molecule has 0 saturated heterocycles. The standard InChI is InChI=1S/C38H32N2O5S/c1-26-34(37(42)45-25-29-17-10-5-11-18-29)35(30-21-22-31(32(23-30)43-2)44-24-28-15-8-4-9-16-28)40-36(41)33(46-38(40)39-26)20-12-19-27-13-6-3-7-14-27/h3-23,35H,24-25H2,1-2H3/b19-12+,33-20-. The Balaban J connectivity index is 1.39. The smallest absolute Gasteiger partial charge is 0.338 e. The molecule has 1 aliphatic heterocycles. The third-order valence-corrected chi connectivity index (χ3v) is 8.53. The Kier molecular flexibility index (Phi) is 9.36. The SMILES string of the molecule is COc1cc(C2C(C(=O)OCc3ccccc3)=C(C)N=c3s/c(=C\C=C\c4ccccc4)c(=O)n32)ccc1OCc1ccccc1. The minimum atomic E-state index is -0.795. The van der Waals surface area contributed by atoms with Gasteiger partial charge in [0.05, 0.1) is 29.0 Å². The number of hydrogen-bond acceptors (Lipinski definition) is 7. The summed E-state index contributed by atoms with van der Waals surface area (Å²) in [7, 11) is 1.56. The lowest BCUT2D eigenvalue weighted by Gasteiger charge is -2.25. The highest BCUT2D eigenvalue weighted by Gasteiger charge is 2.34. The van der Waals surface area contributed by atoms with Crippen molar-refractivity contribution in [2.75, 3.05) is 7.11 Å². The highest BCUT2D eigenvalue weighted by atomic mass is 32.1. The van der Waals surface area contributed by atoms with E-state index in [1.807, 2.05) is 109 Å². The first-order chi connectivity index (χ1) is 22.5. The van der Waals surface area contributed by atoms with Gasteiger partial charge in [-0.05, 0) is 47.4 Å². The topological polar surface area (TPSA) is 79.1 Å². The number of rotatable bonds is 10. The maximum atomic E-state index is 14.0. The van der Waals surface area contributed by atoms with Crippen LogP contribution in [0, 0.1) is 0 Å². The molecule has 46 heavy (non-hydrogen) atoms. The zero-order valence-electron chi connectivity index (χ0n) is 25.5. The number of fused-ring (bicyclic) bond motifs is 1. The van der Waals surface area contributed by atoms with E-state index >= 15 is 0 Å². The summed E-state index contributed by atoms with van der Waals surface area (Å²) in [5, 5.41) is 0. The third-order valence-electron chi connectivity index (χ3n) is 7.53. The molecule has 0 N–H and O–H groups in total. The molecule has 0 bridgehead atoms. The molecule has 8 heteroatoms. The van der Waals surface area contributed by atoms with Crippen molar-refractivity contribution in [3.05, 3.63) is 168 Å². The van der Waals surface area contributed by atoms with E-state index in [-0.39, 0.29) is 17.7 Å². The van der Waals surface area contributed by atoms with Crippen LogP contribution in [0.5, 0.6) is 11.5 Å². The van der Waals surface area contributed by atoms with Crippen molar-refractivity contribution < 1.29 is 19.0 Å². The molecule has 0 fully saturated rings. The lowest BCUT2D eigenvalue weighted by molar-refractivity contribution is -0.140. The van der Waals surface area contributed by atoms with Crippen molar-refractivity contribution in [2.24, 2.45) is 4.99 Å². The van der Waals surface area contributed by atoms with Gasteiger partial charge in [-0.15, -0.1) is 0 Å². The molecule has 1 aromatic heterocycles. The average Bonchev–Trinajstić information content (AvgIpc) is 3.40. The fourth-order valence-electron chi connectivity index (χ4n) is 5.23. The Hall–Kier alpha value is -5.47. The molecule has 7 nitrogen and oxygen atoms in total. The summed E-state index contributed by atoms with van der Waals surface area (Å²) in [6, 6.07) is 33.8. The van der Waals surface area contributed by atoms with Crippen molar-refractivity contribution in [3.8, 4) is 11.5 Å². The Morgan fingerprint density at radius 2 is 1.52 bits per heavy atom. The average molecular weight is 629 g/mol. The van der Waals surface area contributed by atoms with Crippen LogP contribution in [0.2, 0.25) is 0 Å². The van der Waals surface area contributed by atoms with Gasteiger partial charge in [0.15, 0.2) is 16.3 Å². The van der Waals surface area contributed by atoms with Crippen LogP contribution in [0.15, 0.2) is 136 Å². The van der Waals surface area contributed by atoms with Crippen molar-refractivity contribution in [1.82, 2.24) is 4.57 Å². The molecule has 0 saturated carbocycles. The molecular weight excluding hydrogens is 596 g/mol. The number of aromatic nitrogens is 1. The molecule has 1 aliphatic rings. The molecule has 0 amide bonds. The molecule has 0 aliphatic carbocycles. The minimum Gasteiger partial charge on any atom is -0.493 e. The predicted octanol–water partition coefficient (Wildman–Crippen LogP) is 6.23. The monoisotopic (exact) mass is 628 g/mol. The number of methoxy groups -OCH3 is 1. The highest BCUT2D eigenvalue weighted by Crippen LogP contribution is 2.36. The number of esters is 1. The normalized spacial score (nSPS) is 14.6. The van der Waals surface area contributed by atoms with Gasteiger partial charge in [0.25, 0.3) is 5.56 Å². The highest BCUT2D eigenvalue weighted by molar-refractivity contribution is 7.07. The van der Waals surface area contributed by atoms with Gasteiger partial charge in [-0.1, -0.05) is 121 Å². The van der Waals surface area contributed by atoms with Gasteiger partial charge in [-0.3, -0.25) is 9.36 Å². The van der Waals surface area contributed by atoms with E-state index in [9.17, 15) is 9.59 Å². The molecule has 1 unspecified atom stereocenters. The van der Waals surface area contributed by atoms with Crippen molar-refractivity contribution in [1.29, 1.82) is 0 Å². The van der Waals surface area contributed by atoms with Crippen molar-refractivity contribution >= 4 is 29.5 Å². The number of allylic oxidation sites excluding steroid dienone is 2. The molecule has 4 aromatic carbocycles. The van der Waals surface area contributed by atoms with Gasteiger partial charge >= 0.3 is 5.97 Å². The van der Waals surface area contributed by atoms with Crippen LogP contribution in [0.1, 0.15) is 35.2 Å². The van der Waals surface area contributed by atoms with Gasteiger partial charge in [0.2, 0.25) is 0 Å². The minimum absolute atomic E-state index is 0.0907. The third kappa shape index (κ3) is 6.77. The van der Waals surface area contributed by atoms with Crippen LogP contribution >= 0.6 is 11.3 Å². The Morgan fingerprint density at radius 3 is 2.20 bits per heavy atom. The fourth-order valence-corrected chi connectivity index (χ4v) is 6.23. The van der Waals surface area contributed by atoms with E-state index in [0.29, 0.717) is 38.7 Å². The van der Waals surface area contributed by atoms with Gasteiger partial charge in [-0.2, -0.15) is 0 Å². The number of carbonyl (C=O) groups excluding carboxylic acids is 1. The van der Waals surface area contributed by atoms with Crippen molar-refractivity contribution in [3.63, 3.8) is 0 Å². The summed E-state index contributed by atoms with van der Waals surface area (Å²) in [4.78, 5) is 33.0. The van der Waals surface area contributed by atoms with Gasteiger partial charge < -0.3 is 14.2 Å². The van der Waals surface area contributed by atoms with E-state index in [1.165, 1.54) is 11.3 Å². The first kappa shape index (κ1) is 30.6. The number of carbonyl (C=O) groups is 1. The number of nitrogens with zero attached hydrogens (tertiary/aromatic N) is 2. The zero-order chi connectivity index (χ0) is 31.9. The van der Waals surface area contributed by atoms with E-state index in [2.05, 4.69) is 0 Å². The van der Waals surface area contributed by atoms with Crippen LogP contribution in [0.3, 0.4) is 0 Å². The lowest BCUT2D eigenvalue weighted by Crippen LogP contribution is -2.39. The number of ether oxygens (including phenoxy) is 3. The van der Waals surface area contributed by atoms with E-state index in [1.54, 1.807) is 36.8 Å². The summed E-state index contributed by atoms with van der Waals surface area (Å²) >= 11 is 1.28. The van der Waals surface area contributed by atoms with Crippen molar-refractivity contribution in [2.45, 2.75) is 26.2 Å². The zero-order valence-corrected chi connectivity index (χ0v) is 26.3. The van der Waals surface area contributed by atoms with Crippen LogP contribution in [-0.2, 0) is 22.7 Å². The van der Waals surface area contributed by atoms with Crippen LogP contribution in [0.4, 0.5) is 0 Å². The van der Waals surface area contributed by atoms with E-state index in [4.69, 9.17) is 19.2 Å².